The highest BCUT2D eigenvalue weighted by Gasteiger charge is 2.22. The topological polar surface area (TPSA) is 89.7 Å². The molecule has 1 rings (SSSR count). The predicted molar refractivity (Wildman–Crippen MR) is 46.7 cm³/mol. The molecule has 0 aliphatic heterocycles. The summed E-state index contributed by atoms with van der Waals surface area (Å²) >= 11 is 0. The van der Waals surface area contributed by atoms with Crippen LogP contribution in [0.3, 0.4) is 0 Å². The molecule has 0 heterocycles. The summed E-state index contributed by atoms with van der Waals surface area (Å²) in [5.74, 6) is -0.676. The highest BCUT2D eigenvalue weighted by atomic mass is 16.6. The maximum atomic E-state index is 10.5. The van der Waals surface area contributed by atoms with Gasteiger partial charge < -0.3 is 9.84 Å². The van der Waals surface area contributed by atoms with E-state index < -0.39 is 16.4 Å². The Bertz CT molecular complexity index is 388. The average molecular weight is 197 g/mol. The molecular formula is C8H7NO5. The molecule has 0 atom stereocenters. The molecule has 14 heavy (non-hydrogen) atoms. The zero-order chi connectivity index (χ0) is 10.7. The molecular weight excluding hydrogens is 190 g/mol. The Morgan fingerprint density at radius 2 is 2.21 bits per heavy atom. The second kappa shape index (κ2) is 3.73. The molecule has 0 saturated heterocycles. The number of hydrogen-bond acceptors (Lipinski definition) is 5. The van der Waals surface area contributed by atoms with Crippen LogP contribution in [0.2, 0.25) is 0 Å². The van der Waals surface area contributed by atoms with Gasteiger partial charge in [0.05, 0.1) is 17.6 Å². The second-order valence-corrected chi connectivity index (χ2v) is 2.43. The molecule has 0 unspecified atom stereocenters. The molecule has 6 nitrogen and oxygen atoms in total. The molecule has 0 spiro atoms. The molecule has 0 aromatic heterocycles. The number of phenols is 1. The van der Waals surface area contributed by atoms with Crippen LogP contribution >= 0.6 is 0 Å². The van der Waals surface area contributed by atoms with Crippen molar-refractivity contribution >= 4 is 12.0 Å². The molecule has 0 radical (unpaired) electrons. The summed E-state index contributed by atoms with van der Waals surface area (Å²) in [5.41, 5.74) is -0.826. The van der Waals surface area contributed by atoms with E-state index in [1.807, 2.05) is 0 Å². The summed E-state index contributed by atoms with van der Waals surface area (Å²) in [6.07, 6.45) is 0.303. The first-order valence-electron chi connectivity index (χ1n) is 3.61. The van der Waals surface area contributed by atoms with Crippen molar-refractivity contribution in [1.29, 1.82) is 0 Å². The number of carbonyl (C=O) groups is 1. The Morgan fingerprint density at radius 1 is 1.57 bits per heavy atom. The van der Waals surface area contributed by atoms with Crippen LogP contribution in [0.4, 0.5) is 5.69 Å². The molecule has 74 valence electrons. The van der Waals surface area contributed by atoms with Crippen LogP contribution in [-0.4, -0.2) is 23.4 Å². The number of aldehydes is 1. The molecule has 6 heteroatoms. The first-order chi connectivity index (χ1) is 6.61. The third-order valence-corrected chi connectivity index (χ3v) is 1.67. The van der Waals surface area contributed by atoms with Crippen molar-refractivity contribution in [2.45, 2.75) is 0 Å². The van der Waals surface area contributed by atoms with Gasteiger partial charge in [-0.25, -0.2) is 0 Å². The lowest BCUT2D eigenvalue weighted by Crippen LogP contribution is -1.96. The molecule has 1 aromatic carbocycles. The van der Waals surface area contributed by atoms with Gasteiger partial charge in [0.1, 0.15) is 0 Å². The molecule has 0 aliphatic carbocycles. The molecule has 1 aromatic rings. The zero-order valence-electron chi connectivity index (χ0n) is 7.26. The lowest BCUT2D eigenvalue weighted by Gasteiger charge is -2.04. The number of phenolic OH excluding ortho intramolecular Hbond substituents is 1. The fraction of sp³-hybridized carbons (Fsp3) is 0.125. The van der Waals surface area contributed by atoms with Crippen LogP contribution < -0.4 is 4.74 Å². The number of carbonyl (C=O) groups excluding carboxylic acids is 1. The first kappa shape index (κ1) is 9.97. The minimum Gasteiger partial charge on any atom is -0.499 e. The molecule has 0 fully saturated rings. The minimum absolute atomic E-state index is 0.0395. The Morgan fingerprint density at radius 3 is 2.64 bits per heavy atom. The SMILES string of the molecule is COc1ccc(C=O)c([N+](=O)[O-])c1O. The number of nitro benzene ring substituents is 1. The lowest BCUT2D eigenvalue weighted by molar-refractivity contribution is -0.386. The fourth-order valence-electron chi connectivity index (χ4n) is 1.03. The summed E-state index contributed by atoms with van der Waals surface area (Å²) in [6, 6.07) is 2.50. The summed E-state index contributed by atoms with van der Waals surface area (Å²) in [6.45, 7) is 0. The zero-order valence-corrected chi connectivity index (χ0v) is 7.26. The molecule has 0 aliphatic rings. The molecule has 0 amide bonds. The Kier molecular flexibility index (Phi) is 2.66. The van der Waals surface area contributed by atoms with E-state index in [-0.39, 0.29) is 11.3 Å². The van der Waals surface area contributed by atoms with Crippen LogP contribution in [0.25, 0.3) is 0 Å². The normalized spacial score (nSPS) is 9.50. The van der Waals surface area contributed by atoms with Crippen LogP contribution in [-0.2, 0) is 0 Å². The maximum Gasteiger partial charge on any atom is 0.325 e. The van der Waals surface area contributed by atoms with E-state index in [4.69, 9.17) is 0 Å². The van der Waals surface area contributed by atoms with Crippen molar-refractivity contribution in [3.05, 3.63) is 27.8 Å². The summed E-state index contributed by atoms with van der Waals surface area (Å²) in [4.78, 5) is 20.1. The number of nitrogens with zero attached hydrogens (tertiary/aromatic N) is 1. The fourth-order valence-corrected chi connectivity index (χ4v) is 1.03. The minimum atomic E-state index is -0.832. The van der Waals surface area contributed by atoms with Gasteiger partial charge in [0.25, 0.3) is 0 Å². The number of nitro groups is 1. The van der Waals surface area contributed by atoms with Gasteiger partial charge in [0.15, 0.2) is 12.0 Å². The van der Waals surface area contributed by atoms with Crippen molar-refractivity contribution < 1.29 is 19.6 Å². The second-order valence-electron chi connectivity index (χ2n) is 2.43. The van der Waals surface area contributed by atoms with E-state index in [0.29, 0.717) is 6.29 Å². The van der Waals surface area contributed by atoms with Gasteiger partial charge in [-0.05, 0) is 12.1 Å². The monoisotopic (exact) mass is 197 g/mol. The Labute approximate surface area is 78.9 Å². The van der Waals surface area contributed by atoms with Gasteiger partial charge in [0, 0.05) is 0 Å². The number of aromatic hydroxyl groups is 1. The van der Waals surface area contributed by atoms with E-state index in [9.17, 15) is 20.0 Å². The molecule has 0 saturated carbocycles. The van der Waals surface area contributed by atoms with Crippen molar-refractivity contribution in [1.82, 2.24) is 0 Å². The van der Waals surface area contributed by atoms with Gasteiger partial charge in [-0.1, -0.05) is 0 Å². The number of hydrogen-bond donors (Lipinski definition) is 1. The van der Waals surface area contributed by atoms with Crippen molar-refractivity contribution in [3.63, 3.8) is 0 Å². The number of ether oxygens (including phenoxy) is 1. The van der Waals surface area contributed by atoms with Gasteiger partial charge >= 0.3 is 5.69 Å². The van der Waals surface area contributed by atoms with Gasteiger partial charge in [-0.2, -0.15) is 0 Å². The van der Waals surface area contributed by atoms with E-state index >= 15 is 0 Å². The molecule has 1 N–H and O–H groups in total. The van der Waals surface area contributed by atoms with E-state index in [0.717, 1.165) is 0 Å². The van der Waals surface area contributed by atoms with Crippen molar-refractivity contribution in [2.75, 3.05) is 7.11 Å². The number of rotatable bonds is 3. The highest BCUT2D eigenvalue weighted by molar-refractivity contribution is 5.84. The van der Waals surface area contributed by atoms with Crippen molar-refractivity contribution in [2.24, 2.45) is 0 Å². The lowest BCUT2D eigenvalue weighted by atomic mass is 10.1. The van der Waals surface area contributed by atoms with Crippen LogP contribution in [0, 0.1) is 10.1 Å². The predicted octanol–water partition coefficient (Wildman–Crippen LogP) is 1.12. The Hall–Kier alpha value is -2.11. The van der Waals surface area contributed by atoms with E-state index in [1.54, 1.807) is 0 Å². The average Bonchev–Trinajstić information content (AvgIpc) is 2.16. The third-order valence-electron chi connectivity index (χ3n) is 1.67. The third kappa shape index (κ3) is 1.49. The standard InChI is InChI=1S/C8H7NO5/c1-14-6-3-2-5(4-10)7(8(6)11)9(12)13/h2-4,11H,1H3. The highest BCUT2D eigenvalue weighted by Crippen LogP contribution is 2.37. The summed E-state index contributed by atoms with van der Waals surface area (Å²) in [5, 5.41) is 19.8. The summed E-state index contributed by atoms with van der Waals surface area (Å²) < 4.78 is 4.66. The van der Waals surface area contributed by atoms with Crippen LogP contribution in [0.1, 0.15) is 10.4 Å². The number of benzene rings is 1. The largest absolute Gasteiger partial charge is 0.499 e. The van der Waals surface area contributed by atoms with Crippen LogP contribution in [0.5, 0.6) is 11.5 Å². The van der Waals surface area contributed by atoms with E-state index in [2.05, 4.69) is 4.74 Å². The Balaban J connectivity index is 3.46. The van der Waals surface area contributed by atoms with E-state index in [1.165, 1.54) is 19.2 Å². The maximum absolute atomic E-state index is 10.5. The number of methoxy groups -OCH3 is 1. The summed E-state index contributed by atoms with van der Waals surface area (Å²) in [7, 11) is 1.26. The molecule has 0 bridgehead atoms. The van der Waals surface area contributed by atoms with Gasteiger partial charge in [-0.15, -0.1) is 0 Å². The quantitative estimate of drug-likeness (QED) is 0.445. The van der Waals surface area contributed by atoms with Crippen LogP contribution in [0.15, 0.2) is 12.1 Å². The smallest absolute Gasteiger partial charge is 0.325 e. The van der Waals surface area contributed by atoms with Crippen molar-refractivity contribution in [3.8, 4) is 11.5 Å². The van der Waals surface area contributed by atoms with Gasteiger partial charge in [0.2, 0.25) is 5.75 Å². The van der Waals surface area contributed by atoms with Gasteiger partial charge in [-0.3, -0.25) is 14.9 Å². The first-order valence-corrected chi connectivity index (χ1v) is 3.61.